The highest BCUT2D eigenvalue weighted by Crippen LogP contribution is 2.44. The van der Waals surface area contributed by atoms with E-state index in [4.69, 9.17) is 0 Å². The fourth-order valence-corrected chi connectivity index (χ4v) is 9.06. The van der Waals surface area contributed by atoms with E-state index in [0.29, 0.717) is 6.07 Å². The minimum absolute atomic E-state index is 0.00241. The summed E-state index contributed by atoms with van der Waals surface area (Å²) in [6.07, 6.45) is 0. The van der Waals surface area contributed by atoms with Gasteiger partial charge in [-0.1, -0.05) is 42.5 Å². The number of hydrogen-bond donors (Lipinski definition) is 3. The Morgan fingerprint density at radius 1 is 0.709 bits per heavy atom. The molecule has 0 saturated carbocycles. The number of aryl methyl sites for hydroxylation is 1. The molecule has 0 amide bonds. The topological polar surface area (TPSA) is 254 Å². The first-order chi connectivity index (χ1) is 25.8. The number of carbonyl (C=O) groups is 2. The predicted molar refractivity (Wildman–Crippen MR) is 196 cm³/mol. The zero-order valence-electron chi connectivity index (χ0n) is 27.8. The Labute approximate surface area is 310 Å². The van der Waals surface area contributed by atoms with Crippen LogP contribution >= 0.6 is 0 Å². The van der Waals surface area contributed by atoms with Gasteiger partial charge in [0.15, 0.2) is 11.6 Å². The molecule has 0 saturated heterocycles. The molecule has 1 aromatic heterocycles. The standard InChI is InChI=1S/C36H23N3O13S3/c1-38-28-15-14-27(37-26-13-12-22(18-29(26)55(50,51)52)53(45,46)21-8-5-7-20(17-21)39(43)44)31-32(28)30(24-10-2-3-11-25(24)35(31)41)33(36(38)42)34(40)19-6-4-9-23(16-19)54(47,48)49/h2-18,37H,1H3,(H,47,48,49)(H,50,51,52). The van der Waals surface area contributed by atoms with Crippen LogP contribution in [0.4, 0.5) is 17.1 Å². The molecule has 0 atom stereocenters. The van der Waals surface area contributed by atoms with Crippen molar-refractivity contribution in [2.24, 2.45) is 7.05 Å². The van der Waals surface area contributed by atoms with E-state index in [0.717, 1.165) is 53.1 Å². The van der Waals surface area contributed by atoms with Gasteiger partial charge in [0, 0.05) is 41.3 Å². The second kappa shape index (κ2) is 12.9. The lowest BCUT2D eigenvalue weighted by molar-refractivity contribution is -0.385. The second-order valence-electron chi connectivity index (χ2n) is 12.2. The largest absolute Gasteiger partial charge is 0.354 e. The molecule has 1 aliphatic rings. The van der Waals surface area contributed by atoms with Crippen LogP contribution in [-0.4, -0.2) is 55.4 Å². The number of non-ortho nitro benzene ring substituents is 1. The lowest BCUT2D eigenvalue weighted by Crippen LogP contribution is -2.29. The zero-order valence-corrected chi connectivity index (χ0v) is 30.3. The van der Waals surface area contributed by atoms with E-state index in [9.17, 15) is 58.9 Å². The molecule has 0 bridgehead atoms. The third-order valence-corrected chi connectivity index (χ3v) is 12.5. The van der Waals surface area contributed by atoms with Crippen LogP contribution in [0, 0.1) is 10.1 Å². The van der Waals surface area contributed by atoms with Crippen LogP contribution in [0.25, 0.3) is 22.0 Å². The second-order valence-corrected chi connectivity index (χ2v) is 17.0. The number of sulfone groups is 1. The molecule has 0 unspecified atom stereocenters. The summed E-state index contributed by atoms with van der Waals surface area (Å²) in [4.78, 5) is 50.2. The van der Waals surface area contributed by atoms with E-state index in [1.54, 1.807) is 6.07 Å². The summed E-state index contributed by atoms with van der Waals surface area (Å²) in [5.41, 5.74) is -2.31. The highest BCUT2D eigenvalue weighted by Gasteiger charge is 2.35. The van der Waals surface area contributed by atoms with Gasteiger partial charge in [0.1, 0.15) is 4.90 Å². The van der Waals surface area contributed by atoms with Gasteiger partial charge in [0.05, 0.1) is 47.6 Å². The van der Waals surface area contributed by atoms with Gasteiger partial charge in [-0.3, -0.25) is 33.6 Å². The molecule has 16 nitrogen and oxygen atoms in total. The maximum atomic E-state index is 14.3. The molecule has 278 valence electrons. The van der Waals surface area contributed by atoms with Crippen molar-refractivity contribution >= 4 is 69.6 Å². The van der Waals surface area contributed by atoms with E-state index < -0.39 is 88.6 Å². The Hall–Kier alpha value is -6.38. The summed E-state index contributed by atoms with van der Waals surface area (Å²) >= 11 is 0. The maximum absolute atomic E-state index is 14.3. The number of aromatic nitrogens is 1. The van der Waals surface area contributed by atoms with Gasteiger partial charge in [-0.15, -0.1) is 0 Å². The maximum Gasteiger partial charge on any atom is 0.296 e. The van der Waals surface area contributed by atoms with Crippen LogP contribution in [0.3, 0.4) is 0 Å². The number of hydrogen-bond acceptors (Lipinski definition) is 12. The first-order valence-corrected chi connectivity index (χ1v) is 20.0. The average molecular weight is 802 g/mol. The first-order valence-electron chi connectivity index (χ1n) is 15.6. The van der Waals surface area contributed by atoms with E-state index in [1.165, 1.54) is 49.5 Å². The van der Waals surface area contributed by atoms with Crippen molar-refractivity contribution in [1.82, 2.24) is 4.57 Å². The molecule has 0 radical (unpaired) electrons. The number of rotatable bonds is 9. The SMILES string of the molecule is Cn1c(=O)c(C(=O)c2cccc(S(=O)(=O)O)c2)c2c3c(c(Nc4ccc(S(=O)(=O)c5cccc([N+](=O)[O-])c5)cc4S(=O)(=O)O)ccc31)C(=O)c1ccccc1-2. The van der Waals surface area contributed by atoms with Crippen molar-refractivity contribution in [1.29, 1.82) is 0 Å². The summed E-state index contributed by atoms with van der Waals surface area (Å²) in [7, 11) is -13.2. The molecule has 1 aliphatic carbocycles. The lowest BCUT2D eigenvalue weighted by Gasteiger charge is -2.26. The summed E-state index contributed by atoms with van der Waals surface area (Å²) in [6.45, 7) is 0. The quantitative estimate of drug-likeness (QED) is 0.0755. The van der Waals surface area contributed by atoms with Crippen LogP contribution < -0.4 is 10.9 Å². The molecule has 6 aromatic rings. The van der Waals surface area contributed by atoms with Gasteiger partial charge in [0.2, 0.25) is 9.84 Å². The Kier molecular flexibility index (Phi) is 8.66. The molecule has 3 N–H and O–H groups in total. The average Bonchev–Trinajstić information content (AvgIpc) is 3.14. The van der Waals surface area contributed by atoms with Gasteiger partial charge in [-0.25, -0.2) is 8.42 Å². The van der Waals surface area contributed by atoms with Gasteiger partial charge < -0.3 is 9.88 Å². The molecule has 0 fully saturated rings. The van der Waals surface area contributed by atoms with Gasteiger partial charge in [-0.2, -0.15) is 16.8 Å². The number of carbonyl (C=O) groups excluding carboxylic acids is 2. The molecule has 0 aliphatic heterocycles. The monoisotopic (exact) mass is 801 g/mol. The van der Waals surface area contributed by atoms with E-state index >= 15 is 0 Å². The fourth-order valence-electron chi connectivity index (χ4n) is 6.46. The van der Waals surface area contributed by atoms with Gasteiger partial charge in [-0.05, 0) is 54.1 Å². The Balaban J connectivity index is 1.46. The van der Waals surface area contributed by atoms with Crippen LogP contribution in [0.2, 0.25) is 0 Å². The molecule has 5 aromatic carbocycles. The summed E-state index contributed by atoms with van der Waals surface area (Å²) in [5.74, 6) is -1.56. The minimum atomic E-state index is -5.20. The van der Waals surface area contributed by atoms with Crippen molar-refractivity contribution in [3.05, 3.63) is 146 Å². The number of nitro groups is 1. The molecule has 7 rings (SSSR count). The highest BCUT2D eigenvalue weighted by atomic mass is 32.2. The molecular formula is C36H23N3O13S3. The third kappa shape index (κ3) is 6.18. The Morgan fingerprint density at radius 3 is 2.02 bits per heavy atom. The number of nitro benzene ring substituents is 1. The normalized spacial score (nSPS) is 12.7. The van der Waals surface area contributed by atoms with E-state index in [2.05, 4.69) is 5.32 Å². The van der Waals surface area contributed by atoms with Crippen molar-refractivity contribution in [3.63, 3.8) is 0 Å². The third-order valence-electron chi connectivity index (χ3n) is 9.00. The Bertz CT molecular complexity index is 3140. The van der Waals surface area contributed by atoms with Crippen LogP contribution in [0.1, 0.15) is 31.8 Å². The van der Waals surface area contributed by atoms with Crippen molar-refractivity contribution in [2.75, 3.05) is 5.32 Å². The van der Waals surface area contributed by atoms with Crippen molar-refractivity contribution in [3.8, 4) is 11.1 Å². The van der Waals surface area contributed by atoms with Crippen molar-refractivity contribution in [2.45, 2.75) is 19.6 Å². The first kappa shape index (κ1) is 37.0. The highest BCUT2D eigenvalue weighted by molar-refractivity contribution is 7.91. The predicted octanol–water partition coefficient (Wildman–Crippen LogP) is 4.96. The molecule has 1 heterocycles. The van der Waals surface area contributed by atoms with Crippen LogP contribution in [-0.2, 0) is 37.1 Å². The fraction of sp³-hybridized carbons (Fsp3) is 0.0278. The summed E-state index contributed by atoms with van der Waals surface area (Å²) < 4.78 is 97.1. The molecule has 0 spiro atoms. The summed E-state index contributed by atoms with van der Waals surface area (Å²) in [5, 5.41) is 14.1. The van der Waals surface area contributed by atoms with E-state index in [1.807, 2.05) is 0 Å². The van der Waals surface area contributed by atoms with Crippen LogP contribution in [0.5, 0.6) is 0 Å². The zero-order chi connectivity index (χ0) is 39.8. The van der Waals surface area contributed by atoms with Crippen molar-refractivity contribution < 1.29 is 48.9 Å². The smallest absolute Gasteiger partial charge is 0.296 e. The number of fused-ring (bicyclic) bond motifs is 2. The molecule has 19 heteroatoms. The number of ketones is 2. The Morgan fingerprint density at radius 2 is 1.35 bits per heavy atom. The lowest BCUT2D eigenvalue weighted by atomic mass is 9.80. The number of nitrogens with one attached hydrogen (secondary N) is 1. The number of benzene rings is 5. The number of anilines is 2. The van der Waals surface area contributed by atoms with Gasteiger partial charge in [0.25, 0.3) is 31.5 Å². The number of pyridine rings is 1. The minimum Gasteiger partial charge on any atom is -0.354 e. The van der Waals surface area contributed by atoms with Crippen LogP contribution in [0.15, 0.2) is 128 Å². The summed E-state index contributed by atoms with van der Waals surface area (Å²) in [6, 6.07) is 19.9. The van der Waals surface area contributed by atoms with Gasteiger partial charge >= 0.3 is 0 Å². The molecule has 55 heavy (non-hydrogen) atoms. The molecular weight excluding hydrogens is 779 g/mol. The number of nitrogens with zero attached hydrogens (tertiary/aromatic N) is 2. The van der Waals surface area contributed by atoms with E-state index in [-0.39, 0.29) is 44.4 Å².